The van der Waals surface area contributed by atoms with E-state index in [9.17, 15) is 4.79 Å². The summed E-state index contributed by atoms with van der Waals surface area (Å²) in [6, 6.07) is 0. The summed E-state index contributed by atoms with van der Waals surface area (Å²) in [6.45, 7) is 2.85. The van der Waals surface area contributed by atoms with Crippen molar-refractivity contribution in [2.24, 2.45) is 13.0 Å². The van der Waals surface area contributed by atoms with Gasteiger partial charge in [0.1, 0.15) is 6.10 Å². The van der Waals surface area contributed by atoms with E-state index in [1.54, 1.807) is 11.7 Å². The smallest absolute Gasteiger partial charge is 0.313 e. The molecule has 1 aliphatic rings. The molecule has 1 fully saturated rings. The van der Waals surface area contributed by atoms with Gasteiger partial charge in [-0.3, -0.25) is 4.79 Å². The molecule has 94 valence electrons. The fourth-order valence-electron chi connectivity index (χ4n) is 1.79. The molecule has 0 aliphatic carbocycles. The van der Waals surface area contributed by atoms with E-state index < -0.39 is 5.97 Å². The average molecular weight is 257 g/mol. The maximum Gasteiger partial charge on any atom is 0.313 e. The highest BCUT2D eigenvalue weighted by Crippen LogP contribution is 2.32. The lowest BCUT2D eigenvalue weighted by atomic mass is 10.0. The number of hydrogen-bond acceptors (Lipinski definition) is 5. The number of nitrogens with zero attached hydrogens (tertiary/aromatic N) is 3. The fraction of sp³-hybridized carbons (Fsp3) is 0.700. The Labute approximate surface area is 103 Å². The number of aryl methyl sites for hydroxylation is 1. The van der Waals surface area contributed by atoms with Gasteiger partial charge in [0.2, 0.25) is 0 Å². The molecule has 1 aliphatic heterocycles. The van der Waals surface area contributed by atoms with Crippen LogP contribution >= 0.6 is 11.8 Å². The topological polar surface area (TPSA) is 77.2 Å². The summed E-state index contributed by atoms with van der Waals surface area (Å²) in [4.78, 5) is 14.8. The van der Waals surface area contributed by atoms with Gasteiger partial charge >= 0.3 is 5.97 Å². The molecule has 6 nitrogen and oxygen atoms in total. The van der Waals surface area contributed by atoms with E-state index in [0.29, 0.717) is 16.9 Å². The first kappa shape index (κ1) is 12.4. The van der Waals surface area contributed by atoms with Gasteiger partial charge in [-0.05, 0) is 12.3 Å². The highest BCUT2D eigenvalue weighted by Gasteiger charge is 2.30. The van der Waals surface area contributed by atoms with Crippen LogP contribution in [0.5, 0.6) is 0 Å². The molecule has 2 atom stereocenters. The van der Waals surface area contributed by atoms with Gasteiger partial charge in [-0.15, -0.1) is 0 Å². The van der Waals surface area contributed by atoms with Crippen LogP contribution in [0, 0.1) is 5.92 Å². The van der Waals surface area contributed by atoms with Gasteiger partial charge in [0.25, 0.3) is 0 Å². The van der Waals surface area contributed by atoms with Gasteiger partial charge in [-0.2, -0.15) is 5.10 Å². The maximum absolute atomic E-state index is 10.5. The number of aliphatic carboxylic acids is 1. The summed E-state index contributed by atoms with van der Waals surface area (Å²) in [6.07, 6.45) is 0.959. The molecule has 7 heteroatoms. The highest BCUT2D eigenvalue weighted by molar-refractivity contribution is 7.99. The van der Waals surface area contributed by atoms with Crippen LogP contribution in [0.25, 0.3) is 0 Å². The van der Waals surface area contributed by atoms with E-state index in [1.807, 2.05) is 0 Å². The van der Waals surface area contributed by atoms with E-state index in [1.165, 1.54) is 11.8 Å². The summed E-state index contributed by atoms with van der Waals surface area (Å²) in [5.41, 5.74) is 0. The van der Waals surface area contributed by atoms with Gasteiger partial charge in [0, 0.05) is 13.7 Å². The van der Waals surface area contributed by atoms with Crippen molar-refractivity contribution < 1.29 is 14.6 Å². The molecule has 0 amide bonds. The fourth-order valence-corrected chi connectivity index (χ4v) is 2.43. The molecule has 0 spiro atoms. The van der Waals surface area contributed by atoms with Crippen molar-refractivity contribution in [1.82, 2.24) is 14.8 Å². The number of aromatic nitrogens is 3. The zero-order valence-electron chi connectivity index (χ0n) is 9.79. The minimum absolute atomic E-state index is 0.00689. The van der Waals surface area contributed by atoms with E-state index in [0.717, 1.165) is 13.0 Å². The van der Waals surface area contributed by atoms with Crippen molar-refractivity contribution in [3.05, 3.63) is 5.82 Å². The van der Waals surface area contributed by atoms with Crippen molar-refractivity contribution in [1.29, 1.82) is 0 Å². The summed E-state index contributed by atoms with van der Waals surface area (Å²) in [7, 11) is 1.76. The Morgan fingerprint density at radius 1 is 1.71 bits per heavy atom. The van der Waals surface area contributed by atoms with Crippen LogP contribution in [0.4, 0.5) is 0 Å². The predicted molar refractivity (Wildman–Crippen MR) is 61.8 cm³/mol. The Bertz CT molecular complexity index is 421. The van der Waals surface area contributed by atoms with Crippen LogP contribution in [0.3, 0.4) is 0 Å². The Hall–Kier alpha value is -1.08. The van der Waals surface area contributed by atoms with E-state index in [4.69, 9.17) is 9.84 Å². The number of ether oxygens (including phenoxy) is 1. The highest BCUT2D eigenvalue weighted by atomic mass is 32.2. The molecule has 1 N–H and O–H groups in total. The van der Waals surface area contributed by atoms with Crippen LogP contribution in [-0.2, 0) is 16.6 Å². The van der Waals surface area contributed by atoms with Crippen molar-refractivity contribution in [2.45, 2.75) is 24.6 Å². The van der Waals surface area contributed by atoms with Gasteiger partial charge in [-0.25, -0.2) is 9.67 Å². The molecule has 1 aromatic heterocycles. The molecule has 0 bridgehead atoms. The summed E-state index contributed by atoms with van der Waals surface area (Å²) in [5, 5.41) is 13.5. The number of rotatable bonds is 4. The van der Waals surface area contributed by atoms with Crippen LogP contribution in [0.1, 0.15) is 25.3 Å². The van der Waals surface area contributed by atoms with Gasteiger partial charge < -0.3 is 9.84 Å². The first-order chi connectivity index (χ1) is 8.08. The van der Waals surface area contributed by atoms with Crippen LogP contribution < -0.4 is 0 Å². The minimum Gasteiger partial charge on any atom is -0.481 e. The Morgan fingerprint density at radius 3 is 3.06 bits per heavy atom. The number of carboxylic acids is 1. The van der Waals surface area contributed by atoms with Crippen LogP contribution in [0.2, 0.25) is 0 Å². The first-order valence-electron chi connectivity index (χ1n) is 5.45. The van der Waals surface area contributed by atoms with Crippen LogP contribution in [0.15, 0.2) is 5.16 Å². The molecular weight excluding hydrogens is 242 g/mol. The third-order valence-corrected chi connectivity index (χ3v) is 3.71. The number of thioether (sulfide) groups is 1. The molecule has 17 heavy (non-hydrogen) atoms. The van der Waals surface area contributed by atoms with Gasteiger partial charge in [0.15, 0.2) is 11.0 Å². The normalized spacial score (nSPS) is 24.1. The number of hydrogen-bond donors (Lipinski definition) is 1. The van der Waals surface area contributed by atoms with Gasteiger partial charge in [-0.1, -0.05) is 18.7 Å². The molecule has 2 unspecified atom stereocenters. The Morgan fingerprint density at radius 2 is 2.47 bits per heavy atom. The second-order valence-electron chi connectivity index (χ2n) is 4.12. The molecule has 1 saturated heterocycles. The van der Waals surface area contributed by atoms with Crippen molar-refractivity contribution >= 4 is 17.7 Å². The molecule has 2 rings (SSSR count). The predicted octanol–water partition coefficient (Wildman–Crippen LogP) is 1.09. The third-order valence-electron chi connectivity index (χ3n) is 2.71. The van der Waals surface area contributed by atoms with E-state index in [2.05, 4.69) is 17.0 Å². The maximum atomic E-state index is 10.5. The second-order valence-corrected chi connectivity index (χ2v) is 5.06. The zero-order chi connectivity index (χ0) is 12.4. The number of carboxylic acid groups (broad SMARTS) is 1. The molecular formula is C10H15N3O3S. The first-order valence-corrected chi connectivity index (χ1v) is 6.43. The molecule has 0 aromatic carbocycles. The second kappa shape index (κ2) is 5.05. The monoisotopic (exact) mass is 257 g/mol. The summed E-state index contributed by atoms with van der Waals surface area (Å²) < 4.78 is 7.19. The zero-order valence-corrected chi connectivity index (χ0v) is 10.6. The van der Waals surface area contributed by atoms with Crippen molar-refractivity contribution in [3.8, 4) is 0 Å². The van der Waals surface area contributed by atoms with Crippen molar-refractivity contribution in [3.63, 3.8) is 0 Å². The standard InChI is InChI=1S/C10H15N3O3S/c1-6-3-4-16-8(6)9-11-10(13(2)12-9)17-5-7(14)15/h6,8H,3-5H2,1-2H3,(H,14,15). The Balaban J connectivity index is 2.09. The van der Waals surface area contributed by atoms with E-state index >= 15 is 0 Å². The Kier molecular flexibility index (Phi) is 3.68. The van der Waals surface area contributed by atoms with E-state index in [-0.39, 0.29) is 11.9 Å². The largest absolute Gasteiger partial charge is 0.481 e. The molecule has 0 saturated carbocycles. The lowest BCUT2D eigenvalue weighted by molar-refractivity contribution is -0.133. The number of carbonyl (C=O) groups is 1. The lowest BCUT2D eigenvalue weighted by Gasteiger charge is -2.09. The molecule has 2 heterocycles. The molecule has 0 radical (unpaired) electrons. The SMILES string of the molecule is CC1CCOC1c1nc(SCC(=O)O)n(C)n1. The minimum atomic E-state index is -0.856. The summed E-state index contributed by atoms with van der Waals surface area (Å²) >= 11 is 1.17. The third kappa shape index (κ3) is 2.78. The average Bonchev–Trinajstić information content (AvgIpc) is 2.82. The lowest BCUT2D eigenvalue weighted by Crippen LogP contribution is -2.06. The van der Waals surface area contributed by atoms with Crippen molar-refractivity contribution in [2.75, 3.05) is 12.4 Å². The van der Waals surface area contributed by atoms with Crippen LogP contribution in [-0.4, -0.2) is 38.2 Å². The summed E-state index contributed by atoms with van der Waals surface area (Å²) in [5.74, 6) is 0.206. The molecule has 1 aromatic rings. The quantitative estimate of drug-likeness (QED) is 0.814. The van der Waals surface area contributed by atoms with Gasteiger partial charge in [0.05, 0.1) is 5.75 Å².